The van der Waals surface area contributed by atoms with Crippen LogP contribution in [0.2, 0.25) is 0 Å². The maximum Gasteiger partial charge on any atom is 0.419 e. The van der Waals surface area contributed by atoms with Gasteiger partial charge in [-0.2, -0.15) is 13.2 Å². The van der Waals surface area contributed by atoms with Crippen LogP contribution in [-0.2, 0) is 25.6 Å². The van der Waals surface area contributed by atoms with Gasteiger partial charge in [-0.25, -0.2) is 9.97 Å². The van der Waals surface area contributed by atoms with Gasteiger partial charge >= 0.3 is 6.18 Å². The molecule has 2 aliphatic heterocycles. The van der Waals surface area contributed by atoms with Crippen LogP contribution in [0, 0.1) is 0 Å². The first-order valence-electron chi connectivity index (χ1n) is 12.3. The molecule has 1 aromatic heterocycles. The number of ether oxygens (including phenoxy) is 1. The average Bonchev–Trinajstić information content (AvgIpc) is 3.57. The number of likely N-dealkylation sites (tertiary alicyclic amines) is 1. The van der Waals surface area contributed by atoms with Gasteiger partial charge in [-0.15, -0.1) is 0 Å². The van der Waals surface area contributed by atoms with Crippen molar-refractivity contribution in [3.63, 3.8) is 0 Å². The van der Waals surface area contributed by atoms with Gasteiger partial charge in [-0.1, -0.05) is 18.2 Å². The van der Waals surface area contributed by atoms with E-state index in [-0.39, 0.29) is 36.3 Å². The van der Waals surface area contributed by atoms with Gasteiger partial charge in [0.25, 0.3) is 11.8 Å². The fourth-order valence-electron chi connectivity index (χ4n) is 4.87. The lowest BCUT2D eigenvalue weighted by molar-refractivity contribution is -0.138. The number of nitrogens with zero attached hydrogens (tertiary/aromatic N) is 3. The molecular weight excluding hydrogens is 499 g/mol. The number of alkyl halides is 3. The molecule has 198 valence electrons. The van der Waals surface area contributed by atoms with E-state index in [1.54, 1.807) is 35.2 Å². The summed E-state index contributed by atoms with van der Waals surface area (Å²) in [5.41, 5.74) is 1.76. The first-order chi connectivity index (χ1) is 18.2. The molecule has 38 heavy (non-hydrogen) atoms. The smallest absolute Gasteiger partial charge is 0.419 e. The van der Waals surface area contributed by atoms with Crippen LogP contribution in [-0.4, -0.2) is 46.9 Å². The third-order valence-corrected chi connectivity index (χ3v) is 6.80. The molecule has 1 fully saturated rings. The first-order valence-corrected chi connectivity index (χ1v) is 12.3. The molecule has 1 saturated heterocycles. The second-order valence-corrected chi connectivity index (χ2v) is 9.23. The van der Waals surface area contributed by atoms with E-state index < -0.39 is 11.7 Å². The number of anilines is 2. The van der Waals surface area contributed by atoms with Crippen molar-refractivity contribution in [2.45, 2.75) is 38.4 Å². The third kappa shape index (κ3) is 5.13. The summed E-state index contributed by atoms with van der Waals surface area (Å²) in [6.45, 7) is 1.82. The number of carbonyl (C=O) groups excluding carboxylic acids is 2. The number of hydrogen-bond acceptors (Lipinski definition) is 6. The Kier molecular flexibility index (Phi) is 6.92. The minimum absolute atomic E-state index is 0.0408. The van der Waals surface area contributed by atoms with Gasteiger partial charge in [0.2, 0.25) is 5.95 Å². The minimum Gasteiger partial charge on any atom is -0.495 e. The summed E-state index contributed by atoms with van der Waals surface area (Å²) in [6, 6.07) is 10.2. The molecule has 2 aliphatic rings. The van der Waals surface area contributed by atoms with Crippen LogP contribution < -0.4 is 15.4 Å². The number of hydrogen-bond donors (Lipinski definition) is 2. The maximum atomic E-state index is 13.8. The molecule has 2 amide bonds. The minimum atomic E-state index is -4.64. The molecule has 2 N–H and O–H groups in total. The Balaban J connectivity index is 1.40. The lowest BCUT2D eigenvalue weighted by atomic mass is 9.97. The topological polar surface area (TPSA) is 96.5 Å². The van der Waals surface area contributed by atoms with Crippen LogP contribution in [0.25, 0.3) is 0 Å². The van der Waals surface area contributed by atoms with Gasteiger partial charge in [0.15, 0.2) is 0 Å². The van der Waals surface area contributed by atoms with Crippen LogP contribution in [0.3, 0.4) is 0 Å². The average molecular weight is 526 g/mol. The normalized spacial score (nSPS) is 14.8. The van der Waals surface area contributed by atoms with Crippen molar-refractivity contribution in [3.05, 3.63) is 76.1 Å². The number of aromatic nitrogens is 2. The van der Waals surface area contributed by atoms with Crippen LogP contribution >= 0.6 is 0 Å². The number of benzene rings is 2. The van der Waals surface area contributed by atoms with Crippen molar-refractivity contribution in [2.24, 2.45) is 0 Å². The monoisotopic (exact) mass is 525 g/mol. The first kappa shape index (κ1) is 25.5. The van der Waals surface area contributed by atoms with Crippen molar-refractivity contribution >= 4 is 23.5 Å². The molecule has 5 rings (SSSR count). The van der Waals surface area contributed by atoms with E-state index in [0.29, 0.717) is 47.8 Å². The van der Waals surface area contributed by atoms with Gasteiger partial charge in [-0.3, -0.25) is 9.59 Å². The Morgan fingerprint density at radius 2 is 1.95 bits per heavy atom. The summed E-state index contributed by atoms with van der Waals surface area (Å²) in [6.07, 6.45) is -1.79. The summed E-state index contributed by atoms with van der Waals surface area (Å²) in [4.78, 5) is 34.8. The van der Waals surface area contributed by atoms with Crippen LogP contribution in [0.4, 0.5) is 24.8 Å². The Hall–Kier alpha value is -4.15. The summed E-state index contributed by atoms with van der Waals surface area (Å²) >= 11 is 0. The zero-order valence-electron chi connectivity index (χ0n) is 20.7. The molecule has 0 bridgehead atoms. The van der Waals surface area contributed by atoms with Crippen molar-refractivity contribution in [3.8, 4) is 5.75 Å². The lowest BCUT2D eigenvalue weighted by Crippen LogP contribution is -2.27. The highest BCUT2D eigenvalue weighted by Gasteiger charge is 2.35. The van der Waals surface area contributed by atoms with Crippen LogP contribution in [0.5, 0.6) is 5.75 Å². The molecule has 2 aromatic carbocycles. The van der Waals surface area contributed by atoms with Gasteiger partial charge in [0.1, 0.15) is 5.75 Å². The highest BCUT2D eigenvalue weighted by molar-refractivity contribution is 5.99. The molecule has 0 saturated carbocycles. The summed E-state index contributed by atoms with van der Waals surface area (Å²) in [7, 11) is 1.44. The molecule has 11 heteroatoms. The third-order valence-electron chi connectivity index (χ3n) is 6.80. The SMILES string of the molecule is COc1cc(C(=O)N2CCCC2)ccc1Nc1ncc(C(F)(F)F)c(CCc2cccc3c2C(=O)NC3)n1. The summed E-state index contributed by atoms with van der Waals surface area (Å²) < 4.78 is 46.7. The standard InChI is InChI=1S/C27H26F3N5O3/c1-38-22-13-17(25(37)35-11-2-3-12-35)8-10-21(22)34-26-32-15-19(27(28,29)30)20(33-26)9-7-16-5-4-6-18-14-31-24(36)23(16)18/h4-6,8,10,13,15H,2-3,7,9,11-12,14H2,1H3,(H,31,36)(H,32,33,34). The number of amides is 2. The van der Waals surface area contributed by atoms with E-state index in [1.165, 1.54) is 7.11 Å². The molecule has 8 nitrogen and oxygen atoms in total. The Bertz CT molecular complexity index is 1390. The number of fused-ring (bicyclic) bond motifs is 1. The maximum absolute atomic E-state index is 13.8. The molecule has 3 aromatic rings. The Morgan fingerprint density at radius 3 is 2.68 bits per heavy atom. The highest BCUT2D eigenvalue weighted by Crippen LogP contribution is 2.34. The van der Waals surface area contributed by atoms with Gasteiger partial charge in [0, 0.05) is 37.0 Å². The van der Waals surface area contributed by atoms with Crippen LogP contribution in [0.15, 0.2) is 42.6 Å². The fourth-order valence-corrected chi connectivity index (χ4v) is 4.87. The molecular formula is C27H26F3N5O3. The number of carbonyl (C=O) groups is 2. The van der Waals surface area contributed by atoms with E-state index in [2.05, 4.69) is 20.6 Å². The number of nitrogens with one attached hydrogen (secondary N) is 2. The fraction of sp³-hybridized carbons (Fsp3) is 0.333. The molecule has 0 aliphatic carbocycles. The van der Waals surface area contributed by atoms with E-state index in [9.17, 15) is 22.8 Å². The second kappa shape index (κ2) is 10.3. The molecule has 0 radical (unpaired) electrons. The van der Waals surface area contributed by atoms with Crippen LogP contribution in [0.1, 0.15) is 55.9 Å². The second-order valence-electron chi connectivity index (χ2n) is 9.23. The molecule has 0 unspecified atom stereocenters. The predicted octanol–water partition coefficient (Wildman–Crippen LogP) is 4.51. The van der Waals surface area contributed by atoms with E-state index >= 15 is 0 Å². The number of aryl methyl sites for hydroxylation is 2. The van der Waals surface area contributed by atoms with E-state index in [1.807, 2.05) is 6.07 Å². The number of methoxy groups -OCH3 is 1. The van der Waals surface area contributed by atoms with Gasteiger partial charge in [0.05, 0.1) is 24.1 Å². The van der Waals surface area contributed by atoms with E-state index in [4.69, 9.17) is 4.74 Å². The quantitative estimate of drug-likeness (QED) is 0.471. The van der Waals surface area contributed by atoms with Crippen molar-refractivity contribution in [1.82, 2.24) is 20.2 Å². The zero-order valence-corrected chi connectivity index (χ0v) is 20.7. The Labute approximate surface area is 217 Å². The van der Waals surface area contributed by atoms with Crippen molar-refractivity contribution < 1.29 is 27.5 Å². The predicted molar refractivity (Wildman–Crippen MR) is 133 cm³/mol. The summed E-state index contributed by atoms with van der Waals surface area (Å²) in [5, 5.41) is 5.66. The van der Waals surface area contributed by atoms with Gasteiger partial charge < -0.3 is 20.3 Å². The highest BCUT2D eigenvalue weighted by atomic mass is 19.4. The van der Waals surface area contributed by atoms with Crippen molar-refractivity contribution in [2.75, 3.05) is 25.5 Å². The Morgan fingerprint density at radius 1 is 1.16 bits per heavy atom. The number of halogens is 3. The zero-order chi connectivity index (χ0) is 26.9. The largest absolute Gasteiger partial charge is 0.495 e. The van der Waals surface area contributed by atoms with Crippen molar-refractivity contribution in [1.29, 1.82) is 0 Å². The molecule has 0 atom stereocenters. The summed E-state index contributed by atoms with van der Waals surface area (Å²) in [5.74, 6) is -0.0242. The number of rotatable bonds is 7. The van der Waals surface area contributed by atoms with E-state index in [0.717, 1.165) is 24.6 Å². The van der Waals surface area contributed by atoms with Gasteiger partial charge in [-0.05, 0) is 55.0 Å². The lowest BCUT2D eigenvalue weighted by Gasteiger charge is -2.17. The molecule has 3 heterocycles. The molecule has 0 spiro atoms.